The zero-order valence-electron chi connectivity index (χ0n) is 9.20. The topological polar surface area (TPSA) is 58.6 Å². The molecule has 0 aromatic heterocycles. The number of ether oxygens (including phenoxy) is 1. The minimum absolute atomic E-state index is 0.0374. The van der Waals surface area contributed by atoms with Crippen molar-refractivity contribution in [2.45, 2.75) is 6.54 Å². The number of halogens is 1. The summed E-state index contributed by atoms with van der Waals surface area (Å²) in [6.07, 6.45) is 0. The van der Waals surface area contributed by atoms with Crippen molar-refractivity contribution in [1.82, 2.24) is 10.2 Å². The Hall–Kier alpha value is -2.11. The van der Waals surface area contributed by atoms with E-state index in [1.54, 1.807) is 6.07 Å². The lowest BCUT2D eigenvalue weighted by molar-refractivity contribution is -0.118. The summed E-state index contributed by atoms with van der Waals surface area (Å²) in [5.41, 5.74) is 0.343. The van der Waals surface area contributed by atoms with Crippen LogP contribution >= 0.6 is 0 Å². The predicted molar refractivity (Wildman–Crippen MR) is 56.9 cm³/mol. The lowest BCUT2D eigenvalue weighted by Gasteiger charge is -2.13. The van der Waals surface area contributed by atoms with E-state index >= 15 is 0 Å². The second-order valence-electron chi connectivity index (χ2n) is 3.67. The highest BCUT2D eigenvalue weighted by Crippen LogP contribution is 2.18. The number of hydrogen-bond donors (Lipinski definition) is 1. The lowest BCUT2D eigenvalue weighted by atomic mass is 10.2. The molecular weight excluding hydrogens is 227 g/mol. The Morgan fingerprint density at radius 3 is 2.76 bits per heavy atom. The van der Waals surface area contributed by atoms with Gasteiger partial charge in [-0.05, 0) is 6.07 Å². The fourth-order valence-electron chi connectivity index (χ4n) is 1.60. The van der Waals surface area contributed by atoms with Crippen LogP contribution in [0.2, 0.25) is 0 Å². The molecular formula is C11H11FN2O3. The van der Waals surface area contributed by atoms with Gasteiger partial charge in [0.25, 0.3) is 0 Å². The van der Waals surface area contributed by atoms with Crippen molar-refractivity contribution >= 4 is 11.9 Å². The number of carbonyl (C=O) groups is 2. The van der Waals surface area contributed by atoms with Crippen LogP contribution < -0.4 is 10.1 Å². The fraction of sp³-hybridized carbons (Fsp3) is 0.273. The van der Waals surface area contributed by atoms with Gasteiger partial charge in [0.05, 0.1) is 13.7 Å². The van der Waals surface area contributed by atoms with Gasteiger partial charge in [0, 0.05) is 11.6 Å². The smallest absolute Gasteiger partial charge is 0.324 e. The van der Waals surface area contributed by atoms with Crippen molar-refractivity contribution in [1.29, 1.82) is 0 Å². The second kappa shape index (κ2) is 4.40. The summed E-state index contributed by atoms with van der Waals surface area (Å²) in [7, 11) is 1.45. The summed E-state index contributed by atoms with van der Waals surface area (Å²) in [5, 5.41) is 2.13. The number of hydrogen-bond acceptors (Lipinski definition) is 3. The van der Waals surface area contributed by atoms with Gasteiger partial charge in [-0.3, -0.25) is 10.1 Å². The highest BCUT2D eigenvalue weighted by Gasteiger charge is 2.27. The van der Waals surface area contributed by atoms with Crippen LogP contribution in [0.3, 0.4) is 0 Å². The quantitative estimate of drug-likeness (QED) is 0.795. The zero-order valence-corrected chi connectivity index (χ0v) is 9.20. The maximum absolute atomic E-state index is 13.6. The third kappa shape index (κ3) is 2.35. The maximum Gasteiger partial charge on any atom is 0.324 e. The molecule has 17 heavy (non-hydrogen) atoms. The average Bonchev–Trinajstić information content (AvgIpc) is 2.60. The van der Waals surface area contributed by atoms with E-state index in [1.807, 2.05) is 0 Å². The van der Waals surface area contributed by atoms with Crippen LogP contribution in [-0.2, 0) is 11.3 Å². The van der Waals surface area contributed by atoms with E-state index in [9.17, 15) is 14.0 Å². The van der Waals surface area contributed by atoms with Crippen LogP contribution in [0.4, 0.5) is 9.18 Å². The van der Waals surface area contributed by atoms with Crippen molar-refractivity contribution in [3.8, 4) is 5.75 Å². The Morgan fingerprint density at radius 1 is 1.47 bits per heavy atom. The maximum atomic E-state index is 13.6. The van der Waals surface area contributed by atoms with Gasteiger partial charge in [-0.1, -0.05) is 6.07 Å². The number of urea groups is 1. The highest BCUT2D eigenvalue weighted by molar-refractivity contribution is 6.01. The minimum atomic E-state index is -0.495. The van der Waals surface area contributed by atoms with E-state index in [1.165, 1.54) is 24.1 Å². The predicted octanol–water partition coefficient (Wildman–Crippen LogP) is 0.886. The highest BCUT2D eigenvalue weighted by atomic mass is 19.1. The van der Waals surface area contributed by atoms with Gasteiger partial charge in [-0.2, -0.15) is 0 Å². The molecule has 1 heterocycles. The van der Waals surface area contributed by atoms with E-state index in [0.29, 0.717) is 11.3 Å². The summed E-state index contributed by atoms with van der Waals surface area (Å²) < 4.78 is 18.5. The van der Waals surface area contributed by atoms with Crippen molar-refractivity contribution in [3.05, 3.63) is 29.6 Å². The van der Waals surface area contributed by atoms with Crippen molar-refractivity contribution in [2.24, 2.45) is 0 Å². The average molecular weight is 238 g/mol. The van der Waals surface area contributed by atoms with Crippen molar-refractivity contribution in [3.63, 3.8) is 0 Å². The normalized spacial score (nSPS) is 15.1. The molecule has 1 aliphatic heterocycles. The number of methoxy groups -OCH3 is 1. The molecule has 1 aromatic rings. The number of nitrogens with one attached hydrogen (secondary N) is 1. The van der Waals surface area contributed by atoms with Gasteiger partial charge in [0.1, 0.15) is 18.1 Å². The van der Waals surface area contributed by atoms with Crippen LogP contribution in [-0.4, -0.2) is 30.5 Å². The molecule has 90 valence electrons. The Labute approximate surface area is 97.2 Å². The molecule has 1 N–H and O–H groups in total. The summed E-state index contributed by atoms with van der Waals surface area (Å²) in [6.45, 7) is 0.0255. The number of imide groups is 1. The second-order valence-corrected chi connectivity index (χ2v) is 3.67. The van der Waals surface area contributed by atoms with Gasteiger partial charge in [-0.15, -0.1) is 0 Å². The molecule has 0 saturated carbocycles. The number of amides is 3. The third-order valence-corrected chi connectivity index (χ3v) is 2.49. The monoisotopic (exact) mass is 238 g/mol. The molecule has 0 atom stereocenters. The number of benzene rings is 1. The molecule has 0 bridgehead atoms. The first kappa shape index (κ1) is 11.4. The standard InChI is InChI=1S/C11H11FN2O3/c1-17-8-3-2-7(9(12)4-8)5-14-6-10(15)13-11(14)16/h2-4H,5-6H2,1H3,(H,13,15,16). The summed E-state index contributed by atoms with van der Waals surface area (Å²) in [4.78, 5) is 23.5. The van der Waals surface area contributed by atoms with Crippen molar-refractivity contribution < 1.29 is 18.7 Å². The van der Waals surface area contributed by atoms with E-state index in [0.717, 1.165) is 0 Å². The lowest BCUT2D eigenvalue weighted by Crippen LogP contribution is -2.28. The summed E-state index contributed by atoms with van der Waals surface area (Å²) in [5.74, 6) is -0.423. The Balaban J connectivity index is 2.14. The molecule has 6 heteroatoms. The first-order valence-corrected chi connectivity index (χ1v) is 5.01. The van der Waals surface area contributed by atoms with Gasteiger partial charge < -0.3 is 9.64 Å². The molecule has 0 aliphatic carbocycles. The number of carbonyl (C=O) groups excluding carboxylic acids is 2. The number of nitrogens with zero attached hydrogens (tertiary/aromatic N) is 1. The first-order valence-electron chi connectivity index (χ1n) is 5.01. The van der Waals surface area contributed by atoms with Crippen LogP contribution in [0.5, 0.6) is 5.75 Å². The van der Waals surface area contributed by atoms with Gasteiger partial charge in [-0.25, -0.2) is 9.18 Å². The molecule has 5 nitrogen and oxygen atoms in total. The molecule has 1 aliphatic rings. The summed E-state index contributed by atoms with van der Waals surface area (Å²) >= 11 is 0. The van der Waals surface area contributed by atoms with Crippen molar-refractivity contribution in [2.75, 3.05) is 13.7 Å². The van der Waals surface area contributed by atoms with Crippen LogP contribution in [0, 0.1) is 5.82 Å². The summed E-state index contributed by atoms with van der Waals surface area (Å²) in [6, 6.07) is 3.88. The molecule has 2 rings (SSSR count). The van der Waals surface area contributed by atoms with Crippen LogP contribution in [0.15, 0.2) is 18.2 Å². The molecule has 1 saturated heterocycles. The molecule has 3 amide bonds. The minimum Gasteiger partial charge on any atom is -0.497 e. The van der Waals surface area contributed by atoms with E-state index < -0.39 is 11.8 Å². The van der Waals surface area contributed by atoms with Gasteiger partial charge >= 0.3 is 6.03 Å². The zero-order chi connectivity index (χ0) is 12.4. The van der Waals surface area contributed by atoms with Crippen LogP contribution in [0.1, 0.15) is 5.56 Å². The van der Waals surface area contributed by atoms with Gasteiger partial charge in [0.2, 0.25) is 5.91 Å². The largest absolute Gasteiger partial charge is 0.497 e. The van der Waals surface area contributed by atoms with Crippen LogP contribution in [0.25, 0.3) is 0 Å². The van der Waals surface area contributed by atoms with Gasteiger partial charge in [0.15, 0.2) is 0 Å². The Kier molecular flexibility index (Phi) is 2.95. The Bertz CT molecular complexity index is 476. The fourth-order valence-corrected chi connectivity index (χ4v) is 1.60. The third-order valence-electron chi connectivity index (χ3n) is 2.49. The number of rotatable bonds is 3. The Morgan fingerprint density at radius 2 is 2.24 bits per heavy atom. The first-order chi connectivity index (χ1) is 8.10. The molecule has 1 aromatic carbocycles. The molecule has 0 unspecified atom stereocenters. The van der Waals surface area contributed by atoms with E-state index in [4.69, 9.17) is 4.74 Å². The molecule has 0 radical (unpaired) electrons. The SMILES string of the molecule is COc1ccc(CN2CC(=O)NC2=O)c(F)c1. The van der Waals surface area contributed by atoms with E-state index in [2.05, 4.69) is 5.32 Å². The molecule has 0 spiro atoms. The molecule has 1 fully saturated rings. The van der Waals surface area contributed by atoms with E-state index in [-0.39, 0.29) is 19.0 Å².